The first-order valence-electron chi connectivity index (χ1n) is 8.00. The normalized spacial score (nSPS) is 15.3. The van der Waals surface area contributed by atoms with Gasteiger partial charge in [-0.05, 0) is 31.0 Å². The highest BCUT2D eigenvalue weighted by molar-refractivity contribution is 6.42. The van der Waals surface area contributed by atoms with Gasteiger partial charge in [-0.15, -0.1) is 0 Å². The molecule has 23 heavy (non-hydrogen) atoms. The number of carbonyl (C=O) groups is 2. The fourth-order valence-electron chi connectivity index (χ4n) is 2.92. The van der Waals surface area contributed by atoms with Gasteiger partial charge in [-0.25, -0.2) is 0 Å². The van der Waals surface area contributed by atoms with Gasteiger partial charge < -0.3 is 10.2 Å². The molecular formula is C17H22Cl2N2O2. The van der Waals surface area contributed by atoms with E-state index in [0.29, 0.717) is 28.8 Å². The van der Waals surface area contributed by atoms with Gasteiger partial charge in [0.2, 0.25) is 11.8 Å². The Labute approximate surface area is 147 Å². The standard InChI is InChI=1S/C17H22Cl2N2O2/c1-12(22)21(14-7-8-15(18)16(19)11-14)10-9-20-17(23)13-5-3-2-4-6-13/h7-8,11,13H,2-6,9-10H2,1H3,(H,20,23). The molecule has 0 bridgehead atoms. The van der Waals surface area contributed by atoms with Crippen LogP contribution in [-0.4, -0.2) is 24.9 Å². The summed E-state index contributed by atoms with van der Waals surface area (Å²) in [5.41, 5.74) is 0.679. The Hall–Kier alpha value is -1.26. The summed E-state index contributed by atoms with van der Waals surface area (Å²) in [6.45, 7) is 2.33. The second kappa shape index (κ2) is 8.55. The van der Waals surface area contributed by atoms with E-state index in [2.05, 4.69) is 5.32 Å². The molecule has 1 aromatic rings. The van der Waals surface area contributed by atoms with Gasteiger partial charge in [-0.2, -0.15) is 0 Å². The van der Waals surface area contributed by atoms with E-state index in [0.717, 1.165) is 25.7 Å². The topological polar surface area (TPSA) is 49.4 Å². The largest absolute Gasteiger partial charge is 0.354 e. The first-order valence-corrected chi connectivity index (χ1v) is 8.75. The van der Waals surface area contributed by atoms with Crippen LogP contribution in [0.1, 0.15) is 39.0 Å². The number of hydrogen-bond acceptors (Lipinski definition) is 2. The van der Waals surface area contributed by atoms with Crippen LogP contribution in [0.15, 0.2) is 18.2 Å². The predicted molar refractivity (Wildman–Crippen MR) is 94.1 cm³/mol. The molecule has 6 heteroatoms. The van der Waals surface area contributed by atoms with Gasteiger partial charge in [0.05, 0.1) is 10.0 Å². The van der Waals surface area contributed by atoms with Crippen molar-refractivity contribution in [3.05, 3.63) is 28.2 Å². The van der Waals surface area contributed by atoms with Crippen LogP contribution in [0, 0.1) is 5.92 Å². The summed E-state index contributed by atoms with van der Waals surface area (Å²) >= 11 is 11.9. The van der Waals surface area contributed by atoms with Crippen molar-refractivity contribution in [3.8, 4) is 0 Å². The molecule has 1 saturated carbocycles. The lowest BCUT2D eigenvalue weighted by Gasteiger charge is -2.24. The van der Waals surface area contributed by atoms with E-state index in [4.69, 9.17) is 23.2 Å². The Bertz CT molecular complexity index is 572. The van der Waals surface area contributed by atoms with Gasteiger partial charge in [0.1, 0.15) is 0 Å². The molecule has 1 aromatic carbocycles. The monoisotopic (exact) mass is 356 g/mol. The number of halogens is 2. The summed E-state index contributed by atoms with van der Waals surface area (Å²) < 4.78 is 0. The van der Waals surface area contributed by atoms with Crippen molar-refractivity contribution < 1.29 is 9.59 Å². The maximum Gasteiger partial charge on any atom is 0.223 e. The van der Waals surface area contributed by atoms with Gasteiger partial charge in [0.15, 0.2) is 0 Å². The highest BCUT2D eigenvalue weighted by atomic mass is 35.5. The Morgan fingerprint density at radius 3 is 2.48 bits per heavy atom. The Balaban J connectivity index is 1.91. The third kappa shape index (κ3) is 5.11. The minimum absolute atomic E-state index is 0.0994. The Morgan fingerprint density at radius 1 is 1.17 bits per heavy atom. The third-order valence-corrected chi connectivity index (χ3v) is 4.94. The zero-order valence-corrected chi connectivity index (χ0v) is 14.8. The van der Waals surface area contributed by atoms with Crippen LogP contribution in [0.5, 0.6) is 0 Å². The van der Waals surface area contributed by atoms with E-state index in [-0.39, 0.29) is 17.7 Å². The van der Waals surface area contributed by atoms with Crippen LogP contribution in [0.4, 0.5) is 5.69 Å². The van der Waals surface area contributed by atoms with E-state index in [1.165, 1.54) is 13.3 Å². The van der Waals surface area contributed by atoms with Crippen molar-refractivity contribution in [1.82, 2.24) is 5.32 Å². The zero-order valence-electron chi connectivity index (χ0n) is 13.3. The number of nitrogens with zero attached hydrogens (tertiary/aromatic N) is 1. The van der Waals surface area contributed by atoms with Gasteiger partial charge in [0, 0.05) is 31.6 Å². The number of rotatable bonds is 5. The van der Waals surface area contributed by atoms with Crippen LogP contribution in [0.2, 0.25) is 10.0 Å². The molecule has 0 heterocycles. The number of amides is 2. The van der Waals surface area contributed by atoms with Crippen molar-refractivity contribution in [2.24, 2.45) is 5.92 Å². The van der Waals surface area contributed by atoms with Crippen molar-refractivity contribution in [2.75, 3.05) is 18.0 Å². The van der Waals surface area contributed by atoms with Crippen LogP contribution in [-0.2, 0) is 9.59 Å². The Morgan fingerprint density at radius 2 is 1.87 bits per heavy atom. The molecule has 126 valence electrons. The quantitative estimate of drug-likeness (QED) is 0.865. The molecule has 2 amide bonds. The maximum atomic E-state index is 12.1. The molecule has 1 N–H and O–H groups in total. The molecule has 1 fully saturated rings. The molecule has 0 aliphatic heterocycles. The van der Waals surface area contributed by atoms with Crippen LogP contribution < -0.4 is 10.2 Å². The van der Waals surface area contributed by atoms with E-state index in [1.807, 2.05) is 0 Å². The second-order valence-electron chi connectivity index (χ2n) is 5.90. The van der Waals surface area contributed by atoms with Crippen LogP contribution >= 0.6 is 23.2 Å². The average molecular weight is 357 g/mol. The molecular weight excluding hydrogens is 335 g/mol. The second-order valence-corrected chi connectivity index (χ2v) is 6.71. The lowest BCUT2D eigenvalue weighted by atomic mass is 9.89. The lowest BCUT2D eigenvalue weighted by Crippen LogP contribution is -2.40. The smallest absolute Gasteiger partial charge is 0.223 e. The molecule has 4 nitrogen and oxygen atoms in total. The van der Waals surface area contributed by atoms with Gasteiger partial charge in [0.25, 0.3) is 0 Å². The van der Waals surface area contributed by atoms with E-state index >= 15 is 0 Å². The summed E-state index contributed by atoms with van der Waals surface area (Å²) in [5.74, 6) is 0.122. The van der Waals surface area contributed by atoms with Crippen molar-refractivity contribution in [2.45, 2.75) is 39.0 Å². The predicted octanol–water partition coefficient (Wildman–Crippen LogP) is 4.04. The Kier molecular flexibility index (Phi) is 6.72. The molecule has 0 radical (unpaired) electrons. The zero-order chi connectivity index (χ0) is 16.8. The molecule has 0 aromatic heterocycles. The third-order valence-electron chi connectivity index (χ3n) is 4.21. The number of benzene rings is 1. The van der Waals surface area contributed by atoms with Gasteiger partial charge >= 0.3 is 0 Å². The van der Waals surface area contributed by atoms with Crippen LogP contribution in [0.25, 0.3) is 0 Å². The van der Waals surface area contributed by atoms with Gasteiger partial charge in [-0.3, -0.25) is 9.59 Å². The highest BCUT2D eigenvalue weighted by Crippen LogP contribution is 2.27. The van der Waals surface area contributed by atoms with Gasteiger partial charge in [-0.1, -0.05) is 42.5 Å². The summed E-state index contributed by atoms with van der Waals surface area (Å²) in [5, 5.41) is 3.79. The molecule has 1 aliphatic carbocycles. The highest BCUT2D eigenvalue weighted by Gasteiger charge is 2.21. The van der Waals surface area contributed by atoms with E-state index in [9.17, 15) is 9.59 Å². The van der Waals surface area contributed by atoms with E-state index in [1.54, 1.807) is 23.1 Å². The maximum absolute atomic E-state index is 12.1. The molecule has 0 saturated heterocycles. The fraction of sp³-hybridized carbons (Fsp3) is 0.529. The molecule has 2 rings (SSSR count). The lowest BCUT2D eigenvalue weighted by molar-refractivity contribution is -0.126. The van der Waals surface area contributed by atoms with Crippen LogP contribution in [0.3, 0.4) is 0 Å². The SMILES string of the molecule is CC(=O)N(CCNC(=O)C1CCCCC1)c1ccc(Cl)c(Cl)c1. The molecule has 0 atom stereocenters. The van der Waals surface area contributed by atoms with Crippen molar-refractivity contribution in [1.29, 1.82) is 0 Å². The molecule has 0 spiro atoms. The van der Waals surface area contributed by atoms with E-state index < -0.39 is 0 Å². The summed E-state index contributed by atoms with van der Waals surface area (Å²) in [6.07, 6.45) is 5.41. The number of hydrogen-bond donors (Lipinski definition) is 1. The minimum Gasteiger partial charge on any atom is -0.354 e. The summed E-state index contributed by atoms with van der Waals surface area (Å²) in [4.78, 5) is 25.6. The summed E-state index contributed by atoms with van der Waals surface area (Å²) in [6, 6.07) is 5.07. The number of carbonyl (C=O) groups excluding carboxylic acids is 2. The molecule has 1 aliphatic rings. The van der Waals surface area contributed by atoms with Crippen molar-refractivity contribution in [3.63, 3.8) is 0 Å². The first-order chi connectivity index (χ1) is 11.0. The number of nitrogens with one attached hydrogen (secondary N) is 1. The summed E-state index contributed by atoms with van der Waals surface area (Å²) in [7, 11) is 0. The fourth-order valence-corrected chi connectivity index (χ4v) is 3.21. The van der Waals surface area contributed by atoms with Crippen molar-refractivity contribution >= 4 is 40.7 Å². The first kappa shape index (κ1) is 18.1. The average Bonchev–Trinajstić information content (AvgIpc) is 2.54. The minimum atomic E-state index is -0.102. The number of anilines is 1. The molecule has 0 unspecified atom stereocenters.